The zero-order chi connectivity index (χ0) is 13.8. The van der Waals surface area contributed by atoms with Gasteiger partial charge >= 0.3 is 0 Å². The van der Waals surface area contributed by atoms with Crippen molar-refractivity contribution in [3.8, 4) is 5.75 Å². The first kappa shape index (κ1) is 13.4. The summed E-state index contributed by atoms with van der Waals surface area (Å²) in [6.07, 6.45) is 1.86. The Morgan fingerprint density at radius 3 is 2.95 bits per heavy atom. The van der Waals surface area contributed by atoms with Crippen LogP contribution in [-0.4, -0.2) is 21.2 Å². The van der Waals surface area contributed by atoms with Crippen LogP contribution in [0.25, 0.3) is 0 Å². The summed E-state index contributed by atoms with van der Waals surface area (Å²) < 4.78 is 0. The molecule has 5 nitrogen and oxygen atoms in total. The van der Waals surface area contributed by atoms with Crippen LogP contribution in [0.4, 0.5) is 5.82 Å². The maximum atomic E-state index is 11.9. The van der Waals surface area contributed by atoms with E-state index in [2.05, 4.69) is 22.4 Å². The Labute approximate surface area is 115 Å². The van der Waals surface area contributed by atoms with E-state index >= 15 is 0 Å². The van der Waals surface area contributed by atoms with Crippen molar-refractivity contribution in [3.63, 3.8) is 0 Å². The Hall–Kier alpha value is -2.01. The van der Waals surface area contributed by atoms with E-state index in [0.29, 0.717) is 10.8 Å². The van der Waals surface area contributed by atoms with Gasteiger partial charge in [0.25, 0.3) is 5.91 Å². The highest BCUT2D eigenvalue weighted by atomic mass is 35.5. The van der Waals surface area contributed by atoms with Gasteiger partial charge in [-0.3, -0.25) is 9.89 Å². The normalized spacial score (nSPS) is 10.4. The smallest absolute Gasteiger partial charge is 0.260 e. The van der Waals surface area contributed by atoms with Gasteiger partial charge in [-0.2, -0.15) is 5.10 Å². The summed E-state index contributed by atoms with van der Waals surface area (Å²) in [5, 5.41) is 19.5. The fraction of sp³-hybridized carbons (Fsp3) is 0.231. The van der Waals surface area contributed by atoms with Crippen LogP contribution in [-0.2, 0) is 6.42 Å². The number of aromatic amines is 1. The monoisotopic (exact) mass is 279 g/mol. The highest BCUT2D eigenvalue weighted by Gasteiger charge is 2.13. The molecule has 0 fully saturated rings. The minimum Gasteiger partial charge on any atom is -0.507 e. The quantitative estimate of drug-likeness (QED) is 0.805. The summed E-state index contributed by atoms with van der Waals surface area (Å²) in [5.41, 5.74) is 1.11. The molecule has 0 saturated heterocycles. The lowest BCUT2D eigenvalue weighted by Gasteiger charge is -2.04. The van der Waals surface area contributed by atoms with Gasteiger partial charge in [0.15, 0.2) is 5.82 Å². The highest BCUT2D eigenvalue weighted by Crippen LogP contribution is 2.22. The number of phenolic OH excluding ortho intramolecular Hbond substituents is 1. The fourth-order valence-electron chi connectivity index (χ4n) is 1.70. The average molecular weight is 280 g/mol. The number of carbonyl (C=O) groups is 1. The minimum atomic E-state index is -0.427. The predicted octanol–water partition coefficient (Wildman–Crippen LogP) is 2.97. The number of anilines is 1. The zero-order valence-corrected chi connectivity index (χ0v) is 11.2. The Morgan fingerprint density at radius 2 is 2.26 bits per heavy atom. The maximum Gasteiger partial charge on any atom is 0.260 e. The van der Waals surface area contributed by atoms with Crippen molar-refractivity contribution >= 4 is 23.3 Å². The van der Waals surface area contributed by atoms with Crippen LogP contribution in [0.1, 0.15) is 29.4 Å². The molecule has 0 aliphatic rings. The molecule has 19 heavy (non-hydrogen) atoms. The first-order valence-corrected chi connectivity index (χ1v) is 6.32. The van der Waals surface area contributed by atoms with Gasteiger partial charge in [-0.15, -0.1) is 0 Å². The summed E-state index contributed by atoms with van der Waals surface area (Å²) >= 11 is 5.71. The molecule has 2 rings (SSSR count). The van der Waals surface area contributed by atoms with Crippen LogP contribution < -0.4 is 5.32 Å². The molecule has 0 saturated carbocycles. The van der Waals surface area contributed by atoms with Crippen molar-refractivity contribution in [2.24, 2.45) is 0 Å². The Balaban J connectivity index is 2.11. The minimum absolute atomic E-state index is 0.157. The number of carbonyl (C=O) groups excluding carboxylic acids is 1. The fourth-order valence-corrected chi connectivity index (χ4v) is 1.87. The van der Waals surface area contributed by atoms with Gasteiger partial charge in [0.05, 0.1) is 5.56 Å². The molecule has 0 spiro atoms. The highest BCUT2D eigenvalue weighted by molar-refractivity contribution is 6.30. The average Bonchev–Trinajstić information content (AvgIpc) is 2.76. The number of benzene rings is 1. The first-order chi connectivity index (χ1) is 9.10. The predicted molar refractivity (Wildman–Crippen MR) is 73.7 cm³/mol. The third kappa shape index (κ3) is 3.26. The van der Waals surface area contributed by atoms with Crippen LogP contribution in [0.5, 0.6) is 5.75 Å². The number of hydrogen-bond acceptors (Lipinski definition) is 3. The second-order valence-corrected chi connectivity index (χ2v) is 4.58. The molecule has 0 atom stereocenters. The molecule has 0 bridgehead atoms. The van der Waals surface area contributed by atoms with Gasteiger partial charge in [-0.1, -0.05) is 24.9 Å². The van der Waals surface area contributed by atoms with Crippen molar-refractivity contribution in [1.29, 1.82) is 0 Å². The van der Waals surface area contributed by atoms with E-state index < -0.39 is 5.91 Å². The Kier molecular flexibility index (Phi) is 4.06. The molecular weight excluding hydrogens is 266 g/mol. The molecule has 1 aromatic heterocycles. The topological polar surface area (TPSA) is 78.0 Å². The van der Waals surface area contributed by atoms with Gasteiger partial charge in [0, 0.05) is 16.8 Å². The third-order valence-corrected chi connectivity index (χ3v) is 2.83. The molecule has 0 aliphatic carbocycles. The lowest BCUT2D eigenvalue weighted by molar-refractivity contribution is 0.102. The molecule has 2 aromatic rings. The number of aryl methyl sites for hydroxylation is 1. The lowest BCUT2D eigenvalue weighted by atomic mass is 10.2. The van der Waals surface area contributed by atoms with Crippen molar-refractivity contribution < 1.29 is 9.90 Å². The van der Waals surface area contributed by atoms with Gasteiger partial charge in [-0.05, 0) is 24.6 Å². The molecular formula is C13H14ClN3O2. The third-order valence-electron chi connectivity index (χ3n) is 2.60. The first-order valence-electron chi connectivity index (χ1n) is 5.94. The standard InChI is InChI=1S/C13H14ClN3O2/c1-2-3-9-7-12(17-16-9)15-13(19)10-5-4-8(14)6-11(10)18/h4-7,18H,2-3H2,1H3,(H2,15,16,17,19). The molecule has 100 valence electrons. The molecule has 6 heteroatoms. The van der Waals surface area contributed by atoms with E-state index in [9.17, 15) is 9.90 Å². The number of aromatic hydroxyl groups is 1. The van der Waals surface area contributed by atoms with E-state index in [0.717, 1.165) is 18.5 Å². The van der Waals surface area contributed by atoms with Crippen LogP contribution in [0.3, 0.4) is 0 Å². The van der Waals surface area contributed by atoms with Gasteiger partial charge < -0.3 is 10.4 Å². The zero-order valence-electron chi connectivity index (χ0n) is 10.4. The van der Waals surface area contributed by atoms with Gasteiger partial charge in [0.1, 0.15) is 5.75 Å². The SMILES string of the molecule is CCCc1cc(NC(=O)c2ccc(Cl)cc2O)n[nH]1. The molecule has 0 radical (unpaired) electrons. The van der Waals surface area contributed by atoms with Crippen LogP contribution in [0.2, 0.25) is 5.02 Å². The molecule has 0 aliphatic heterocycles. The van der Waals surface area contributed by atoms with E-state index in [-0.39, 0.29) is 11.3 Å². The molecule has 1 aromatic carbocycles. The Morgan fingerprint density at radius 1 is 1.47 bits per heavy atom. The second kappa shape index (κ2) is 5.75. The van der Waals surface area contributed by atoms with Crippen molar-refractivity contribution in [2.45, 2.75) is 19.8 Å². The largest absolute Gasteiger partial charge is 0.507 e. The van der Waals surface area contributed by atoms with E-state index in [4.69, 9.17) is 11.6 Å². The number of H-pyrrole nitrogens is 1. The molecule has 1 heterocycles. The number of amides is 1. The van der Waals surface area contributed by atoms with Crippen molar-refractivity contribution in [2.75, 3.05) is 5.32 Å². The van der Waals surface area contributed by atoms with Gasteiger partial charge in [-0.25, -0.2) is 0 Å². The van der Waals surface area contributed by atoms with E-state index in [1.54, 1.807) is 12.1 Å². The number of rotatable bonds is 4. The number of nitrogens with zero attached hydrogens (tertiary/aromatic N) is 1. The van der Waals surface area contributed by atoms with Gasteiger partial charge in [0.2, 0.25) is 0 Å². The van der Waals surface area contributed by atoms with Crippen molar-refractivity contribution in [1.82, 2.24) is 10.2 Å². The number of phenols is 1. The van der Waals surface area contributed by atoms with Crippen molar-refractivity contribution in [3.05, 3.63) is 40.5 Å². The molecule has 0 unspecified atom stereocenters. The number of halogens is 1. The van der Waals surface area contributed by atoms with Crippen LogP contribution in [0, 0.1) is 0 Å². The summed E-state index contributed by atoms with van der Waals surface area (Å²) in [5.74, 6) is -0.152. The van der Waals surface area contributed by atoms with Crippen LogP contribution >= 0.6 is 11.6 Å². The lowest BCUT2D eigenvalue weighted by Crippen LogP contribution is -2.12. The number of nitrogens with one attached hydrogen (secondary N) is 2. The maximum absolute atomic E-state index is 11.9. The number of hydrogen-bond donors (Lipinski definition) is 3. The summed E-state index contributed by atoms with van der Waals surface area (Å²) in [6.45, 7) is 2.06. The number of aromatic nitrogens is 2. The van der Waals surface area contributed by atoms with E-state index in [1.807, 2.05) is 0 Å². The Bertz CT molecular complexity index is 595. The summed E-state index contributed by atoms with van der Waals surface area (Å²) in [6, 6.07) is 6.10. The second-order valence-electron chi connectivity index (χ2n) is 4.14. The molecule has 1 amide bonds. The summed E-state index contributed by atoms with van der Waals surface area (Å²) in [4.78, 5) is 11.9. The molecule has 3 N–H and O–H groups in total. The van der Waals surface area contributed by atoms with Crippen LogP contribution in [0.15, 0.2) is 24.3 Å². The summed E-state index contributed by atoms with van der Waals surface area (Å²) in [7, 11) is 0. The van der Waals surface area contributed by atoms with E-state index in [1.165, 1.54) is 12.1 Å².